The summed E-state index contributed by atoms with van der Waals surface area (Å²) in [5, 5.41) is 19.1. The summed E-state index contributed by atoms with van der Waals surface area (Å²) in [6.07, 6.45) is 3.79. The number of benzene rings is 1. The van der Waals surface area contributed by atoms with E-state index in [9.17, 15) is 10.5 Å². The summed E-state index contributed by atoms with van der Waals surface area (Å²) in [7, 11) is 3.15. The summed E-state index contributed by atoms with van der Waals surface area (Å²) in [5.74, 6) is 0.809. The SMILES string of the molecule is COCCOc1c(C#N)c(C#N)c(OCCOC)c(SC)c1SC. The van der Waals surface area contributed by atoms with Crippen LogP contribution in [0.25, 0.3) is 0 Å². The Balaban J connectivity index is 3.50. The van der Waals surface area contributed by atoms with Crippen LogP contribution in [0.1, 0.15) is 11.1 Å². The molecule has 8 heteroatoms. The highest BCUT2D eigenvalue weighted by Crippen LogP contribution is 2.47. The van der Waals surface area contributed by atoms with Crippen molar-refractivity contribution in [1.82, 2.24) is 0 Å². The van der Waals surface area contributed by atoms with Crippen molar-refractivity contribution in [3.05, 3.63) is 11.1 Å². The molecule has 0 unspecified atom stereocenters. The van der Waals surface area contributed by atoms with Gasteiger partial charge in [-0.3, -0.25) is 0 Å². The number of hydrogen-bond acceptors (Lipinski definition) is 8. The van der Waals surface area contributed by atoms with Gasteiger partial charge in [-0.25, -0.2) is 0 Å². The first kappa shape index (κ1) is 20.5. The van der Waals surface area contributed by atoms with Gasteiger partial charge in [0.2, 0.25) is 0 Å². The van der Waals surface area contributed by atoms with E-state index in [0.717, 1.165) is 9.79 Å². The van der Waals surface area contributed by atoms with Crippen LogP contribution in [0, 0.1) is 22.7 Å². The van der Waals surface area contributed by atoms with Gasteiger partial charge in [-0.15, -0.1) is 23.5 Å². The second kappa shape index (κ2) is 11.1. The third kappa shape index (κ3) is 4.71. The van der Waals surface area contributed by atoms with Gasteiger partial charge >= 0.3 is 0 Å². The molecule has 130 valence electrons. The molecule has 1 rings (SSSR count). The maximum Gasteiger partial charge on any atom is 0.153 e. The summed E-state index contributed by atoms with van der Waals surface area (Å²) in [4.78, 5) is 1.56. The lowest BCUT2D eigenvalue weighted by Crippen LogP contribution is -2.11. The molecule has 0 heterocycles. The first-order valence-corrected chi connectivity index (χ1v) is 9.50. The molecule has 0 aromatic heterocycles. The summed E-state index contributed by atoms with van der Waals surface area (Å²) >= 11 is 2.90. The van der Waals surface area contributed by atoms with Crippen LogP contribution in [0.3, 0.4) is 0 Å². The van der Waals surface area contributed by atoms with E-state index in [1.165, 1.54) is 23.5 Å². The van der Waals surface area contributed by atoms with Crippen LogP contribution in [0.5, 0.6) is 11.5 Å². The Morgan fingerprint density at radius 2 is 1.12 bits per heavy atom. The van der Waals surface area contributed by atoms with Gasteiger partial charge in [0.25, 0.3) is 0 Å². The van der Waals surface area contributed by atoms with Crippen molar-refractivity contribution in [2.45, 2.75) is 9.79 Å². The Morgan fingerprint density at radius 3 is 1.38 bits per heavy atom. The average Bonchev–Trinajstić information content (AvgIpc) is 2.61. The molecule has 0 N–H and O–H groups in total. The fraction of sp³-hybridized carbons (Fsp3) is 0.500. The van der Waals surface area contributed by atoms with E-state index < -0.39 is 0 Å². The predicted octanol–water partition coefficient (Wildman–Crippen LogP) is 2.92. The molecule has 0 fully saturated rings. The molecule has 6 nitrogen and oxygen atoms in total. The largest absolute Gasteiger partial charge is 0.489 e. The second-order valence-corrected chi connectivity index (χ2v) is 6.01. The molecule has 1 aromatic rings. The number of nitriles is 2. The quantitative estimate of drug-likeness (QED) is 0.460. The van der Waals surface area contributed by atoms with E-state index >= 15 is 0 Å². The minimum Gasteiger partial charge on any atom is -0.489 e. The van der Waals surface area contributed by atoms with Gasteiger partial charge in [0.15, 0.2) is 11.5 Å². The fourth-order valence-corrected chi connectivity index (χ4v) is 3.72. The Bertz CT molecular complexity index is 584. The van der Waals surface area contributed by atoms with Crippen LogP contribution < -0.4 is 9.47 Å². The number of ether oxygens (including phenoxy) is 4. The van der Waals surface area contributed by atoms with E-state index in [1.807, 2.05) is 12.5 Å². The van der Waals surface area contributed by atoms with Crippen LogP contribution >= 0.6 is 23.5 Å². The van der Waals surface area contributed by atoms with Crippen LogP contribution in [-0.2, 0) is 9.47 Å². The molecule has 0 amide bonds. The molecule has 0 radical (unpaired) electrons. The molecule has 0 aliphatic rings. The van der Waals surface area contributed by atoms with E-state index in [-0.39, 0.29) is 11.1 Å². The maximum absolute atomic E-state index is 9.56. The molecule has 0 bridgehead atoms. The van der Waals surface area contributed by atoms with Gasteiger partial charge in [0.1, 0.15) is 36.5 Å². The van der Waals surface area contributed by atoms with Crippen molar-refractivity contribution in [3.8, 4) is 23.6 Å². The molecular formula is C16H20N2O4S2. The van der Waals surface area contributed by atoms with Crippen molar-refractivity contribution in [1.29, 1.82) is 10.5 Å². The summed E-state index contributed by atoms with van der Waals surface area (Å²) in [6, 6.07) is 4.15. The molecule has 0 aliphatic carbocycles. The van der Waals surface area contributed by atoms with Gasteiger partial charge < -0.3 is 18.9 Å². The molecule has 0 spiro atoms. The van der Waals surface area contributed by atoms with E-state index in [1.54, 1.807) is 14.2 Å². The van der Waals surface area contributed by atoms with E-state index in [4.69, 9.17) is 18.9 Å². The van der Waals surface area contributed by atoms with Crippen LogP contribution in [-0.4, -0.2) is 53.2 Å². The Morgan fingerprint density at radius 1 is 0.750 bits per heavy atom. The van der Waals surface area contributed by atoms with Crippen molar-refractivity contribution in [3.63, 3.8) is 0 Å². The van der Waals surface area contributed by atoms with Crippen molar-refractivity contribution < 1.29 is 18.9 Å². The van der Waals surface area contributed by atoms with Gasteiger partial charge in [-0.2, -0.15) is 10.5 Å². The minimum absolute atomic E-state index is 0.183. The predicted molar refractivity (Wildman–Crippen MR) is 94.2 cm³/mol. The Kier molecular flexibility index (Phi) is 9.43. The number of nitrogens with zero attached hydrogens (tertiary/aromatic N) is 2. The molecule has 0 saturated carbocycles. The van der Waals surface area contributed by atoms with Crippen LogP contribution in [0.2, 0.25) is 0 Å². The smallest absolute Gasteiger partial charge is 0.153 e. The zero-order chi connectivity index (χ0) is 17.9. The molecule has 24 heavy (non-hydrogen) atoms. The molecule has 1 aromatic carbocycles. The first-order chi connectivity index (χ1) is 11.7. The Hall–Kier alpha value is -1.58. The molecule has 0 saturated heterocycles. The third-order valence-corrected chi connectivity index (χ3v) is 4.75. The van der Waals surface area contributed by atoms with Crippen molar-refractivity contribution >= 4 is 23.5 Å². The maximum atomic E-state index is 9.56. The number of thioether (sulfide) groups is 2. The van der Waals surface area contributed by atoms with Gasteiger partial charge in [-0.1, -0.05) is 0 Å². The lowest BCUT2D eigenvalue weighted by molar-refractivity contribution is 0.141. The third-order valence-electron chi connectivity index (χ3n) is 3.02. The zero-order valence-electron chi connectivity index (χ0n) is 14.2. The summed E-state index contributed by atoms with van der Waals surface area (Å²) < 4.78 is 21.5. The van der Waals surface area contributed by atoms with E-state index in [2.05, 4.69) is 12.1 Å². The van der Waals surface area contributed by atoms with Crippen molar-refractivity contribution in [2.24, 2.45) is 0 Å². The number of hydrogen-bond donors (Lipinski definition) is 0. The molecule has 0 atom stereocenters. The van der Waals surface area contributed by atoms with Gasteiger partial charge in [-0.05, 0) is 12.5 Å². The lowest BCUT2D eigenvalue weighted by atomic mass is 10.1. The van der Waals surface area contributed by atoms with Crippen LogP contribution in [0.4, 0.5) is 0 Å². The second-order valence-electron chi connectivity index (χ2n) is 4.38. The average molecular weight is 368 g/mol. The highest BCUT2D eigenvalue weighted by Gasteiger charge is 2.26. The first-order valence-electron chi connectivity index (χ1n) is 7.05. The number of methoxy groups -OCH3 is 2. The van der Waals surface area contributed by atoms with Crippen molar-refractivity contribution in [2.75, 3.05) is 53.2 Å². The van der Waals surface area contributed by atoms with Gasteiger partial charge in [0.05, 0.1) is 23.0 Å². The van der Waals surface area contributed by atoms with E-state index in [0.29, 0.717) is 37.9 Å². The summed E-state index contributed by atoms with van der Waals surface area (Å²) in [6.45, 7) is 1.37. The molecular weight excluding hydrogens is 348 g/mol. The molecule has 0 aliphatic heterocycles. The summed E-state index contributed by atoms with van der Waals surface area (Å²) in [5.41, 5.74) is 0.367. The number of rotatable bonds is 10. The standard InChI is InChI=1S/C16H20N2O4S2/c1-19-5-7-21-13-11(9-17)12(10-18)14(22-8-6-20-2)16(24-4)15(13)23-3/h5-8H2,1-4H3. The zero-order valence-corrected chi connectivity index (χ0v) is 15.8. The normalized spacial score (nSPS) is 10.1. The van der Waals surface area contributed by atoms with Gasteiger partial charge in [0, 0.05) is 14.2 Å². The monoisotopic (exact) mass is 368 g/mol. The highest BCUT2D eigenvalue weighted by atomic mass is 32.2. The highest BCUT2D eigenvalue weighted by molar-refractivity contribution is 8.01. The minimum atomic E-state index is 0.183. The van der Waals surface area contributed by atoms with Crippen LogP contribution in [0.15, 0.2) is 9.79 Å². The Labute approximate surface area is 151 Å². The topological polar surface area (TPSA) is 84.5 Å². The lowest BCUT2D eigenvalue weighted by Gasteiger charge is -2.20. The fourth-order valence-electron chi connectivity index (χ4n) is 1.97.